The average molecular weight is 263 g/mol. The third-order valence-corrected chi connectivity index (χ3v) is 3.55. The summed E-state index contributed by atoms with van der Waals surface area (Å²) in [5.74, 6) is 0.508. The van der Waals surface area contributed by atoms with E-state index in [1.807, 2.05) is 13.0 Å². The number of hydrogen-bond acceptors (Lipinski definition) is 4. The van der Waals surface area contributed by atoms with Crippen LogP contribution in [0.5, 0.6) is 5.75 Å². The second kappa shape index (κ2) is 5.61. The summed E-state index contributed by atoms with van der Waals surface area (Å²) >= 11 is 0. The van der Waals surface area contributed by atoms with Gasteiger partial charge in [0.1, 0.15) is 11.3 Å². The Kier molecular flexibility index (Phi) is 4.10. The van der Waals surface area contributed by atoms with Crippen LogP contribution in [0.25, 0.3) is 0 Å². The van der Waals surface area contributed by atoms with Crippen molar-refractivity contribution in [2.45, 2.75) is 32.2 Å². The Morgan fingerprint density at radius 2 is 2.26 bits per heavy atom. The van der Waals surface area contributed by atoms with Crippen molar-refractivity contribution in [2.75, 3.05) is 13.2 Å². The fourth-order valence-electron chi connectivity index (χ4n) is 2.05. The van der Waals surface area contributed by atoms with E-state index in [2.05, 4.69) is 5.32 Å². The molecule has 0 heterocycles. The maximum absolute atomic E-state index is 12.2. The number of phenolic OH excluding ortho intramolecular Hbond substituents is 1. The van der Waals surface area contributed by atoms with Gasteiger partial charge in [0.15, 0.2) is 0 Å². The number of esters is 1. The summed E-state index contributed by atoms with van der Waals surface area (Å²) in [6.45, 7) is 4.74. The lowest BCUT2D eigenvalue weighted by Gasteiger charge is -2.29. The lowest BCUT2D eigenvalue weighted by Crippen LogP contribution is -2.48. The van der Waals surface area contributed by atoms with Crippen molar-refractivity contribution in [3.63, 3.8) is 0 Å². The van der Waals surface area contributed by atoms with Crippen LogP contribution in [-0.4, -0.2) is 24.2 Å². The standard InChI is InChI=1S/C15H21NO3/c1-3-19-14(18)15(2,16-10-11-7-8-11)12-5-4-6-13(17)9-12/h4-6,9,11,16-17H,3,7-8,10H2,1-2H3. The fraction of sp³-hybridized carbons (Fsp3) is 0.533. The topological polar surface area (TPSA) is 58.6 Å². The first-order chi connectivity index (χ1) is 9.06. The predicted octanol–water partition coefficient (Wildman–Crippen LogP) is 2.17. The molecule has 2 rings (SSSR count). The van der Waals surface area contributed by atoms with Crippen LogP contribution in [0.3, 0.4) is 0 Å². The summed E-state index contributed by atoms with van der Waals surface area (Å²) in [6.07, 6.45) is 2.43. The first-order valence-electron chi connectivity index (χ1n) is 6.78. The van der Waals surface area contributed by atoms with Crippen LogP contribution in [0.15, 0.2) is 24.3 Å². The van der Waals surface area contributed by atoms with Crippen molar-refractivity contribution in [2.24, 2.45) is 5.92 Å². The van der Waals surface area contributed by atoms with Gasteiger partial charge < -0.3 is 9.84 Å². The molecule has 0 aliphatic heterocycles. The molecule has 1 atom stereocenters. The fourth-order valence-corrected chi connectivity index (χ4v) is 2.05. The first-order valence-corrected chi connectivity index (χ1v) is 6.78. The van der Waals surface area contributed by atoms with Crippen molar-refractivity contribution in [3.8, 4) is 5.75 Å². The van der Waals surface area contributed by atoms with E-state index in [-0.39, 0.29) is 11.7 Å². The van der Waals surface area contributed by atoms with Crippen molar-refractivity contribution in [1.82, 2.24) is 5.32 Å². The molecule has 1 fully saturated rings. The molecule has 2 N–H and O–H groups in total. The second-order valence-electron chi connectivity index (χ2n) is 5.22. The summed E-state index contributed by atoms with van der Waals surface area (Å²) in [7, 11) is 0. The third-order valence-electron chi connectivity index (χ3n) is 3.55. The van der Waals surface area contributed by atoms with Crippen LogP contribution in [0.4, 0.5) is 0 Å². The highest BCUT2D eigenvalue weighted by molar-refractivity contribution is 5.82. The van der Waals surface area contributed by atoms with Gasteiger partial charge in [0.05, 0.1) is 6.61 Å². The maximum atomic E-state index is 12.2. The third kappa shape index (κ3) is 3.26. The number of ether oxygens (including phenoxy) is 1. The van der Waals surface area contributed by atoms with Gasteiger partial charge in [-0.2, -0.15) is 0 Å². The van der Waals surface area contributed by atoms with Gasteiger partial charge in [0.2, 0.25) is 0 Å². The molecule has 1 aliphatic carbocycles. The molecular formula is C15H21NO3. The van der Waals surface area contributed by atoms with Gasteiger partial charge in [0, 0.05) is 0 Å². The molecule has 104 valence electrons. The highest BCUT2D eigenvalue weighted by Gasteiger charge is 2.38. The maximum Gasteiger partial charge on any atom is 0.330 e. The molecule has 19 heavy (non-hydrogen) atoms. The zero-order valence-corrected chi connectivity index (χ0v) is 11.5. The number of benzene rings is 1. The number of aromatic hydroxyl groups is 1. The van der Waals surface area contributed by atoms with Crippen LogP contribution in [0.1, 0.15) is 32.3 Å². The molecule has 4 heteroatoms. The van der Waals surface area contributed by atoms with Gasteiger partial charge in [-0.05, 0) is 56.8 Å². The summed E-state index contributed by atoms with van der Waals surface area (Å²) in [6, 6.07) is 6.77. The monoisotopic (exact) mass is 263 g/mol. The molecule has 1 aromatic rings. The number of carbonyl (C=O) groups excluding carboxylic acids is 1. The zero-order valence-electron chi connectivity index (χ0n) is 11.5. The Morgan fingerprint density at radius 1 is 1.53 bits per heavy atom. The molecule has 0 amide bonds. The van der Waals surface area contributed by atoms with Gasteiger partial charge in [-0.25, -0.2) is 4.79 Å². The lowest BCUT2D eigenvalue weighted by molar-refractivity contribution is -0.151. The van der Waals surface area contributed by atoms with E-state index in [0.29, 0.717) is 12.5 Å². The first kappa shape index (κ1) is 13.9. The van der Waals surface area contributed by atoms with E-state index in [4.69, 9.17) is 4.74 Å². The van der Waals surface area contributed by atoms with Crippen molar-refractivity contribution in [3.05, 3.63) is 29.8 Å². The van der Waals surface area contributed by atoms with E-state index < -0.39 is 5.54 Å². The van der Waals surface area contributed by atoms with Gasteiger partial charge in [0.25, 0.3) is 0 Å². The highest BCUT2D eigenvalue weighted by Crippen LogP contribution is 2.31. The number of phenols is 1. The minimum atomic E-state index is -0.905. The SMILES string of the molecule is CCOC(=O)C(C)(NCC1CC1)c1cccc(O)c1. The zero-order chi connectivity index (χ0) is 13.9. The van der Waals surface area contributed by atoms with Crippen LogP contribution in [0.2, 0.25) is 0 Å². The molecule has 0 bridgehead atoms. The number of rotatable bonds is 6. The quantitative estimate of drug-likeness (QED) is 0.772. The second-order valence-corrected chi connectivity index (χ2v) is 5.22. The van der Waals surface area contributed by atoms with E-state index >= 15 is 0 Å². The van der Waals surface area contributed by atoms with E-state index in [0.717, 1.165) is 12.1 Å². The number of hydrogen-bond donors (Lipinski definition) is 2. The molecule has 0 spiro atoms. The molecule has 1 aliphatic rings. The van der Waals surface area contributed by atoms with E-state index in [1.165, 1.54) is 12.8 Å². The predicted molar refractivity (Wildman–Crippen MR) is 72.8 cm³/mol. The molecule has 1 saturated carbocycles. The van der Waals surface area contributed by atoms with Crippen LogP contribution < -0.4 is 5.32 Å². The van der Waals surface area contributed by atoms with Crippen molar-refractivity contribution in [1.29, 1.82) is 0 Å². The van der Waals surface area contributed by atoms with E-state index in [9.17, 15) is 9.90 Å². The Hall–Kier alpha value is -1.55. The van der Waals surface area contributed by atoms with E-state index in [1.54, 1.807) is 25.1 Å². The van der Waals surface area contributed by atoms with Crippen LogP contribution >= 0.6 is 0 Å². The minimum Gasteiger partial charge on any atom is -0.508 e. The Balaban J connectivity index is 2.22. The van der Waals surface area contributed by atoms with Gasteiger partial charge in [-0.3, -0.25) is 5.32 Å². The number of carbonyl (C=O) groups is 1. The smallest absolute Gasteiger partial charge is 0.330 e. The van der Waals surface area contributed by atoms with Crippen LogP contribution in [-0.2, 0) is 15.1 Å². The molecule has 0 radical (unpaired) electrons. The molecule has 4 nitrogen and oxygen atoms in total. The molecule has 1 aromatic carbocycles. The Bertz CT molecular complexity index is 456. The molecule has 0 aromatic heterocycles. The Morgan fingerprint density at radius 3 is 2.84 bits per heavy atom. The van der Waals surface area contributed by atoms with Crippen LogP contribution in [0, 0.1) is 5.92 Å². The normalized spacial score (nSPS) is 17.8. The van der Waals surface area contributed by atoms with Crippen molar-refractivity contribution < 1.29 is 14.6 Å². The van der Waals surface area contributed by atoms with Gasteiger partial charge in [-0.1, -0.05) is 12.1 Å². The molecular weight excluding hydrogens is 242 g/mol. The summed E-state index contributed by atoms with van der Waals surface area (Å²) in [5, 5.41) is 12.9. The summed E-state index contributed by atoms with van der Waals surface area (Å²) in [4.78, 5) is 12.2. The van der Waals surface area contributed by atoms with Gasteiger partial charge in [-0.15, -0.1) is 0 Å². The lowest BCUT2D eigenvalue weighted by atomic mass is 9.91. The summed E-state index contributed by atoms with van der Waals surface area (Å²) < 4.78 is 5.17. The average Bonchev–Trinajstić information content (AvgIpc) is 3.20. The molecule has 0 saturated heterocycles. The minimum absolute atomic E-state index is 0.154. The van der Waals surface area contributed by atoms with Gasteiger partial charge >= 0.3 is 5.97 Å². The highest BCUT2D eigenvalue weighted by atomic mass is 16.5. The summed E-state index contributed by atoms with van der Waals surface area (Å²) in [5.41, 5.74) is -0.177. The number of nitrogens with one attached hydrogen (secondary N) is 1. The molecule has 1 unspecified atom stereocenters. The largest absolute Gasteiger partial charge is 0.508 e. The van der Waals surface area contributed by atoms with Crippen molar-refractivity contribution >= 4 is 5.97 Å². The Labute approximate surface area is 113 Å².